The van der Waals surface area contributed by atoms with E-state index in [1.165, 1.54) is 0 Å². The summed E-state index contributed by atoms with van der Waals surface area (Å²) in [4.78, 5) is 0. The maximum atomic E-state index is 6.45. The van der Waals surface area contributed by atoms with Gasteiger partial charge in [-0.3, -0.25) is 0 Å². The van der Waals surface area contributed by atoms with Gasteiger partial charge in [0.05, 0.1) is 0 Å². The first kappa shape index (κ1) is 11.5. The van der Waals surface area contributed by atoms with Crippen LogP contribution in [0.25, 0.3) is 0 Å². The van der Waals surface area contributed by atoms with Crippen molar-refractivity contribution in [2.24, 2.45) is 5.41 Å². The molecule has 0 aromatic heterocycles. The molecule has 0 saturated heterocycles. The molecule has 0 aromatic rings. The lowest BCUT2D eigenvalue weighted by atomic mass is 9.82. The van der Waals surface area contributed by atoms with Gasteiger partial charge in [-0.2, -0.15) is 11.1 Å². The van der Waals surface area contributed by atoms with E-state index in [0.29, 0.717) is 5.41 Å². The Morgan fingerprint density at radius 1 is 0.909 bits per heavy atom. The minimum atomic E-state index is -1.55. The van der Waals surface area contributed by atoms with Gasteiger partial charge in [0.1, 0.15) is 0 Å². The van der Waals surface area contributed by atoms with Gasteiger partial charge >= 0.3 is 0 Å². The zero-order valence-corrected chi connectivity index (χ0v) is 10.6. The third-order valence-corrected chi connectivity index (χ3v) is 8.50. The minimum absolute atomic E-state index is 0.279. The third kappa shape index (κ3) is 2.22. The third-order valence-electron chi connectivity index (χ3n) is 3.36. The highest BCUT2D eigenvalue weighted by Crippen LogP contribution is 2.53. The lowest BCUT2D eigenvalue weighted by Gasteiger charge is -2.45. The van der Waals surface area contributed by atoms with Crippen LogP contribution < -0.4 is 0 Å². The summed E-state index contributed by atoms with van der Waals surface area (Å²) in [5, 5.41) is 0.279. The van der Waals surface area contributed by atoms with Crippen LogP contribution in [0, 0.1) is 5.41 Å². The molecule has 2 heteroatoms. The van der Waals surface area contributed by atoms with Gasteiger partial charge in [0.15, 0.2) is 7.38 Å². The van der Waals surface area contributed by atoms with Crippen LogP contribution in [-0.4, -0.2) is 7.38 Å². The molecule has 0 amide bonds. The fourth-order valence-corrected chi connectivity index (χ4v) is 3.53. The van der Waals surface area contributed by atoms with Crippen LogP contribution in [0.2, 0.25) is 18.1 Å². The standard InChI is InChI=1S/C9H21ClSi/c1-8(2,3)9(4,5)11(6,7)10/h1-7H3. The molecule has 68 valence electrons. The van der Waals surface area contributed by atoms with Crippen LogP contribution in [0.15, 0.2) is 0 Å². The van der Waals surface area contributed by atoms with Crippen molar-refractivity contribution in [2.75, 3.05) is 0 Å². The highest BCUT2D eigenvalue weighted by Gasteiger charge is 2.46. The Bertz CT molecular complexity index is 121. The molecule has 0 heterocycles. The first-order valence-electron chi connectivity index (χ1n) is 4.19. The summed E-state index contributed by atoms with van der Waals surface area (Å²) in [6.45, 7) is 15.8. The molecule has 0 aliphatic heterocycles. The number of hydrogen-bond acceptors (Lipinski definition) is 0. The fraction of sp³-hybridized carbons (Fsp3) is 1.00. The molecule has 0 atom stereocenters. The quantitative estimate of drug-likeness (QED) is 0.431. The first-order chi connectivity index (χ1) is 4.50. The summed E-state index contributed by atoms with van der Waals surface area (Å²) in [7, 11) is -1.55. The molecular weight excluding hydrogens is 172 g/mol. The average molecular weight is 193 g/mol. The van der Waals surface area contributed by atoms with E-state index in [4.69, 9.17) is 11.1 Å². The van der Waals surface area contributed by atoms with Crippen LogP contribution in [0.1, 0.15) is 34.6 Å². The Kier molecular flexibility index (Phi) is 2.90. The molecule has 0 unspecified atom stereocenters. The topological polar surface area (TPSA) is 0 Å². The van der Waals surface area contributed by atoms with E-state index in [9.17, 15) is 0 Å². The van der Waals surface area contributed by atoms with Crippen LogP contribution in [0.4, 0.5) is 0 Å². The van der Waals surface area contributed by atoms with Gasteiger partial charge in [0.2, 0.25) is 0 Å². The summed E-state index contributed by atoms with van der Waals surface area (Å²) < 4.78 is 0. The Hall–Kier alpha value is 0.507. The zero-order valence-electron chi connectivity index (χ0n) is 8.88. The molecule has 0 saturated carbocycles. The van der Waals surface area contributed by atoms with Crippen LogP contribution >= 0.6 is 11.1 Å². The average Bonchev–Trinajstić information content (AvgIpc) is 1.58. The Balaban J connectivity index is 4.75. The van der Waals surface area contributed by atoms with Crippen molar-refractivity contribution in [3.63, 3.8) is 0 Å². The second-order valence-electron chi connectivity index (χ2n) is 5.35. The van der Waals surface area contributed by atoms with Gasteiger partial charge in [-0.15, -0.1) is 0 Å². The van der Waals surface area contributed by atoms with Crippen molar-refractivity contribution < 1.29 is 0 Å². The molecule has 0 nitrogen and oxygen atoms in total. The van der Waals surface area contributed by atoms with Crippen LogP contribution in [0.5, 0.6) is 0 Å². The van der Waals surface area contributed by atoms with Gasteiger partial charge < -0.3 is 0 Å². The summed E-state index contributed by atoms with van der Waals surface area (Å²) in [5.41, 5.74) is 0.310. The monoisotopic (exact) mass is 192 g/mol. The smallest absolute Gasteiger partial charge is 0.156 e. The molecule has 0 spiro atoms. The maximum absolute atomic E-state index is 6.45. The summed E-state index contributed by atoms with van der Waals surface area (Å²) >= 11 is 6.45. The van der Waals surface area contributed by atoms with Crippen molar-refractivity contribution in [1.82, 2.24) is 0 Å². The highest BCUT2D eigenvalue weighted by molar-refractivity contribution is 7.20. The zero-order chi connectivity index (χ0) is 9.50. The molecule has 0 aliphatic rings. The molecule has 0 bridgehead atoms. The van der Waals surface area contributed by atoms with Crippen molar-refractivity contribution in [2.45, 2.75) is 52.8 Å². The normalized spacial score (nSPS) is 15.3. The van der Waals surface area contributed by atoms with Crippen molar-refractivity contribution in [1.29, 1.82) is 0 Å². The predicted molar refractivity (Wildman–Crippen MR) is 56.8 cm³/mol. The van der Waals surface area contributed by atoms with E-state index >= 15 is 0 Å². The molecule has 11 heavy (non-hydrogen) atoms. The molecule has 0 aromatic carbocycles. The van der Waals surface area contributed by atoms with E-state index in [1.807, 2.05) is 0 Å². The van der Waals surface area contributed by atoms with Gasteiger partial charge in [-0.1, -0.05) is 47.7 Å². The molecule has 0 N–H and O–H groups in total. The van der Waals surface area contributed by atoms with Gasteiger partial charge in [-0.25, -0.2) is 0 Å². The Morgan fingerprint density at radius 3 is 1.18 bits per heavy atom. The first-order valence-corrected chi connectivity index (χ1v) is 8.20. The lowest BCUT2D eigenvalue weighted by Crippen LogP contribution is -2.42. The highest BCUT2D eigenvalue weighted by atomic mass is 35.6. The van der Waals surface area contributed by atoms with Crippen molar-refractivity contribution >= 4 is 18.5 Å². The van der Waals surface area contributed by atoms with E-state index < -0.39 is 7.38 Å². The van der Waals surface area contributed by atoms with Crippen LogP contribution in [0.3, 0.4) is 0 Å². The fourth-order valence-electron chi connectivity index (χ4n) is 0.892. The number of hydrogen-bond donors (Lipinski definition) is 0. The molecule has 0 rings (SSSR count). The van der Waals surface area contributed by atoms with E-state index in [0.717, 1.165) is 0 Å². The Labute approximate surface area is 77.0 Å². The summed E-state index contributed by atoms with van der Waals surface area (Å²) in [5.74, 6) is 0. The van der Waals surface area contributed by atoms with Gasteiger partial charge in [0, 0.05) is 0 Å². The predicted octanol–water partition coefficient (Wildman–Crippen LogP) is 4.26. The lowest BCUT2D eigenvalue weighted by molar-refractivity contribution is 0.292. The maximum Gasteiger partial charge on any atom is 0.156 e. The second kappa shape index (κ2) is 2.77. The molecule has 0 fully saturated rings. The largest absolute Gasteiger partial charge is 0.167 e. The van der Waals surface area contributed by atoms with Gasteiger partial charge in [0.25, 0.3) is 0 Å². The minimum Gasteiger partial charge on any atom is -0.167 e. The van der Waals surface area contributed by atoms with E-state index in [-0.39, 0.29) is 5.04 Å². The van der Waals surface area contributed by atoms with Crippen molar-refractivity contribution in [3.05, 3.63) is 0 Å². The van der Waals surface area contributed by atoms with Gasteiger partial charge in [-0.05, 0) is 10.5 Å². The molecule has 0 radical (unpaired) electrons. The Morgan fingerprint density at radius 2 is 1.18 bits per heavy atom. The summed E-state index contributed by atoms with van der Waals surface area (Å²) in [6, 6.07) is 0. The van der Waals surface area contributed by atoms with Crippen molar-refractivity contribution in [3.8, 4) is 0 Å². The van der Waals surface area contributed by atoms with E-state index in [1.54, 1.807) is 0 Å². The summed E-state index contributed by atoms with van der Waals surface area (Å²) in [6.07, 6.45) is 0. The molecule has 0 aliphatic carbocycles. The molecular formula is C9H21ClSi. The SMILES string of the molecule is CC(C)(C)C(C)(C)[Si](C)(C)Cl. The second-order valence-corrected chi connectivity index (χ2v) is 12.4. The van der Waals surface area contributed by atoms with E-state index in [2.05, 4.69) is 47.7 Å². The number of rotatable bonds is 1. The number of halogens is 1. The van der Waals surface area contributed by atoms with Crippen LogP contribution in [-0.2, 0) is 0 Å².